The highest BCUT2D eigenvalue weighted by atomic mass is 14.6. The zero-order valence-corrected chi connectivity index (χ0v) is 26.4. The zero-order chi connectivity index (χ0) is 28.1. The van der Waals surface area contributed by atoms with E-state index in [2.05, 4.69) is 73.6 Å². The number of hydrogen-bond donors (Lipinski definition) is 0. The van der Waals surface area contributed by atoms with Crippen molar-refractivity contribution in [1.82, 2.24) is 0 Å². The summed E-state index contributed by atoms with van der Waals surface area (Å²) in [5, 5.41) is 0. The maximum atomic E-state index is 4.00. The molecule has 3 aliphatic rings. The van der Waals surface area contributed by atoms with Crippen molar-refractivity contribution in [1.29, 1.82) is 0 Å². The van der Waals surface area contributed by atoms with Gasteiger partial charge in [-0.2, -0.15) is 0 Å². The molecule has 0 aromatic rings. The Morgan fingerprint density at radius 3 is 1.69 bits per heavy atom. The second kappa shape index (κ2) is 33.0. The minimum atomic E-state index is 0.841. The van der Waals surface area contributed by atoms with E-state index in [0.29, 0.717) is 0 Å². The molecule has 0 radical (unpaired) electrons. The topological polar surface area (TPSA) is 0 Å². The highest BCUT2D eigenvalue weighted by molar-refractivity contribution is 5.10. The summed E-state index contributed by atoms with van der Waals surface area (Å²) in [7, 11) is 0. The van der Waals surface area contributed by atoms with E-state index in [-0.39, 0.29) is 0 Å². The second-order valence-corrected chi connectivity index (χ2v) is 10.0. The molecule has 3 rings (SSSR count). The number of unbranched alkanes of at least 4 members (excludes halogenated alkanes) is 2. The van der Waals surface area contributed by atoms with E-state index in [1.165, 1.54) is 95.5 Å². The van der Waals surface area contributed by atoms with Crippen LogP contribution in [-0.4, -0.2) is 0 Å². The maximum absolute atomic E-state index is 4.00. The molecule has 0 heteroatoms. The summed E-state index contributed by atoms with van der Waals surface area (Å²) >= 11 is 0. The third-order valence-corrected chi connectivity index (χ3v) is 6.62. The highest BCUT2D eigenvalue weighted by Gasteiger charge is 2.51. The van der Waals surface area contributed by atoms with E-state index < -0.39 is 0 Å². The summed E-state index contributed by atoms with van der Waals surface area (Å²) in [6.45, 7) is 28.8. The highest BCUT2D eigenvalue weighted by Crippen LogP contribution is 2.59. The molecule has 0 aliphatic heterocycles. The van der Waals surface area contributed by atoms with Gasteiger partial charge in [0.25, 0.3) is 0 Å². The molecule has 3 saturated carbocycles. The van der Waals surface area contributed by atoms with Gasteiger partial charge in [-0.15, -0.1) is 26.0 Å². The van der Waals surface area contributed by atoms with E-state index in [1.54, 1.807) is 0 Å². The average molecular weight is 491 g/mol. The standard InChI is InChI=1S/C12H18.C11H22.2C3H8.2C2H6.C2H2/c1-4-9-6-11-7-10(12(9)11)5-8(2)3;1-2-3-5-8-11-9-6-4-7-10-11;2*1-3-2;3*1-2/h4,9-12H,1-2,5-7H2,3H3;11H,2-10H2,1H3;2*3H2,1-2H3;2*1-2H3;1-2H. The lowest BCUT2D eigenvalue weighted by Crippen LogP contribution is -2.50. The summed E-state index contributed by atoms with van der Waals surface area (Å²) in [6, 6.07) is 0. The first kappa shape index (κ1) is 41.2. The van der Waals surface area contributed by atoms with Crippen LogP contribution >= 0.6 is 0 Å². The van der Waals surface area contributed by atoms with Crippen LogP contribution in [0.25, 0.3) is 0 Å². The lowest BCUT2D eigenvalue weighted by molar-refractivity contribution is -0.0663. The van der Waals surface area contributed by atoms with E-state index in [0.717, 1.165) is 29.6 Å². The Kier molecular flexibility index (Phi) is 38.9. The van der Waals surface area contributed by atoms with Gasteiger partial charge in [0.2, 0.25) is 0 Å². The van der Waals surface area contributed by atoms with Gasteiger partial charge in [0.05, 0.1) is 0 Å². The van der Waals surface area contributed by atoms with Crippen LogP contribution in [0.5, 0.6) is 0 Å². The van der Waals surface area contributed by atoms with Gasteiger partial charge in [-0.25, -0.2) is 0 Å². The van der Waals surface area contributed by atoms with Gasteiger partial charge in [0.1, 0.15) is 0 Å². The van der Waals surface area contributed by atoms with Crippen molar-refractivity contribution < 1.29 is 0 Å². The van der Waals surface area contributed by atoms with Crippen molar-refractivity contribution in [3.05, 3.63) is 24.8 Å². The van der Waals surface area contributed by atoms with E-state index in [1.807, 2.05) is 27.7 Å². The van der Waals surface area contributed by atoms with Crippen LogP contribution in [0.15, 0.2) is 24.8 Å². The molecule has 0 aromatic carbocycles. The molecule has 3 fully saturated rings. The maximum Gasteiger partial charge on any atom is -0.0200 e. The monoisotopic (exact) mass is 491 g/mol. The summed E-state index contributed by atoms with van der Waals surface area (Å²) in [4.78, 5) is 0. The third kappa shape index (κ3) is 22.0. The van der Waals surface area contributed by atoms with Crippen LogP contribution in [0.1, 0.15) is 159 Å². The van der Waals surface area contributed by atoms with Gasteiger partial charge >= 0.3 is 0 Å². The molecule has 35 heavy (non-hydrogen) atoms. The fourth-order valence-corrected chi connectivity index (χ4v) is 5.23. The van der Waals surface area contributed by atoms with E-state index in [4.69, 9.17) is 0 Å². The smallest absolute Gasteiger partial charge is 0.0200 e. The molecular formula is C35H70. The Hall–Kier alpha value is -0.960. The van der Waals surface area contributed by atoms with Gasteiger partial charge in [-0.05, 0) is 55.8 Å². The fraction of sp³-hybridized carbons (Fsp3) is 0.829. The first-order valence-corrected chi connectivity index (χ1v) is 15.6. The largest absolute Gasteiger partial charge is 0.124 e. The van der Waals surface area contributed by atoms with Gasteiger partial charge < -0.3 is 0 Å². The van der Waals surface area contributed by atoms with Crippen molar-refractivity contribution in [2.45, 2.75) is 159 Å². The Balaban J connectivity index is -0.000000192. The summed E-state index contributed by atoms with van der Waals surface area (Å²) in [5.74, 6) is 4.93. The normalized spacial score (nSPS) is 22.9. The van der Waals surface area contributed by atoms with Crippen molar-refractivity contribution in [2.24, 2.45) is 29.6 Å². The number of terminal acetylenes is 1. The Morgan fingerprint density at radius 1 is 0.829 bits per heavy atom. The van der Waals surface area contributed by atoms with E-state index >= 15 is 0 Å². The molecule has 0 saturated heterocycles. The predicted molar refractivity (Wildman–Crippen MR) is 168 cm³/mol. The lowest BCUT2D eigenvalue weighted by Gasteiger charge is -2.58. The molecule has 0 aromatic heterocycles. The summed E-state index contributed by atoms with van der Waals surface area (Å²) in [5.41, 5.74) is 1.35. The second-order valence-electron chi connectivity index (χ2n) is 10.0. The predicted octanol–water partition coefficient (Wildman–Crippen LogP) is 12.7. The van der Waals surface area contributed by atoms with E-state index in [9.17, 15) is 0 Å². The quantitative estimate of drug-likeness (QED) is 0.189. The molecule has 0 nitrogen and oxygen atoms in total. The number of hydrogen-bond acceptors (Lipinski definition) is 0. The molecule has 0 heterocycles. The first-order chi connectivity index (χ1) is 17.0. The Bertz CT molecular complexity index is 421. The number of allylic oxidation sites excluding steroid dienone is 2. The average Bonchev–Trinajstić information content (AvgIpc) is 2.87. The molecule has 0 N–H and O–H groups in total. The zero-order valence-electron chi connectivity index (χ0n) is 26.4. The van der Waals surface area contributed by atoms with Gasteiger partial charge in [-0.3, -0.25) is 0 Å². The van der Waals surface area contributed by atoms with Crippen LogP contribution in [0.2, 0.25) is 0 Å². The van der Waals surface area contributed by atoms with Crippen LogP contribution < -0.4 is 0 Å². The van der Waals surface area contributed by atoms with Crippen LogP contribution in [0.3, 0.4) is 0 Å². The lowest BCUT2D eigenvalue weighted by atomic mass is 9.47. The van der Waals surface area contributed by atoms with Crippen LogP contribution in [0, 0.1) is 42.4 Å². The van der Waals surface area contributed by atoms with Crippen molar-refractivity contribution in [2.75, 3.05) is 0 Å². The minimum absolute atomic E-state index is 0.841. The van der Waals surface area contributed by atoms with Crippen LogP contribution in [0.4, 0.5) is 0 Å². The first-order valence-electron chi connectivity index (χ1n) is 15.6. The summed E-state index contributed by atoms with van der Waals surface area (Å²) in [6.07, 6.45) is 30.2. The number of rotatable bonds is 7. The minimum Gasteiger partial charge on any atom is -0.124 e. The SMILES string of the molecule is C#C.C=CC1CC2CC(CC(=C)C)C12.CC.CC.CCC.CCC.CCCCCC1CCCCC1. The molecule has 210 valence electrons. The van der Waals surface area contributed by atoms with Crippen LogP contribution in [-0.2, 0) is 0 Å². The summed E-state index contributed by atoms with van der Waals surface area (Å²) < 4.78 is 0. The molecule has 4 atom stereocenters. The fourth-order valence-electron chi connectivity index (χ4n) is 5.23. The van der Waals surface area contributed by atoms with Gasteiger partial charge in [0.15, 0.2) is 0 Å². The third-order valence-electron chi connectivity index (χ3n) is 6.62. The van der Waals surface area contributed by atoms with Gasteiger partial charge in [0, 0.05) is 0 Å². The molecule has 0 bridgehead atoms. The van der Waals surface area contributed by atoms with Crippen molar-refractivity contribution >= 4 is 0 Å². The Labute approximate surface area is 226 Å². The molecule has 4 unspecified atom stereocenters. The van der Waals surface area contributed by atoms with Gasteiger partial charge in [-0.1, -0.05) is 145 Å². The Morgan fingerprint density at radius 2 is 1.31 bits per heavy atom. The van der Waals surface area contributed by atoms with Crippen molar-refractivity contribution in [3.8, 4) is 12.8 Å². The van der Waals surface area contributed by atoms with Crippen molar-refractivity contribution in [3.63, 3.8) is 0 Å². The molecule has 0 spiro atoms. The number of fused-ring (bicyclic) bond motifs is 1. The molecular weight excluding hydrogens is 420 g/mol. The molecule has 0 amide bonds. The molecule has 3 aliphatic carbocycles.